The third kappa shape index (κ3) is 3.29. The molecule has 0 bridgehead atoms. The summed E-state index contributed by atoms with van der Waals surface area (Å²) in [6, 6.07) is 9.34. The van der Waals surface area contributed by atoms with Crippen LogP contribution in [0.5, 0.6) is 5.75 Å². The molecule has 0 saturated carbocycles. The van der Waals surface area contributed by atoms with Crippen LogP contribution in [0.25, 0.3) is 0 Å². The summed E-state index contributed by atoms with van der Waals surface area (Å²) in [7, 11) is 0. The summed E-state index contributed by atoms with van der Waals surface area (Å²) in [6.07, 6.45) is 3.64. The van der Waals surface area contributed by atoms with E-state index in [0.29, 0.717) is 18.1 Å². The van der Waals surface area contributed by atoms with Gasteiger partial charge in [-0.1, -0.05) is 24.4 Å². The van der Waals surface area contributed by atoms with Crippen LogP contribution in [0.15, 0.2) is 42.7 Å². The van der Waals surface area contributed by atoms with E-state index in [4.69, 9.17) is 22.7 Å². The van der Waals surface area contributed by atoms with E-state index in [0.717, 1.165) is 11.3 Å². The lowest BCUT2D eigenvalue weighted by atomic mass is 10.2. The Balaban J connectivity index is 1.90. The SMILES string of the molecule is NC(=S)c1cccc(OCCn2cccn2)c1. The minimum Gasteiger partial charge on any atom is -0.492 e. The molecule has 0 saturated heterocycles. The highest BCUT2D eigenvalue weighted by Crippen LogP contribution is 2.13. The molecule has 4 nitrogen and oxygen atoms in total. The molecule has 1 aromatic carbocycles. The molecule has 0 aliphatic carbocycles. The molecule has 0 fully saturated rings. The van der Waals surface area contributed by atoms with Crippen molar-refractivity contribution in [1.82, 2.24) is 9.78 Å². The Morgan fingerprint density at radius 1 is 1.41 bits per heavy atom. The topological polar surface area (TPSA) is 53.1 Å². The Hall–Kier alpha value is -1.88. The number of nitrogens with zero attached hydrogens (tertiary/aromatic N) is 2. The van der Waals surface area contributed by atoms with Crippen LogP contribution < -0.4 is 10.5 Å². The van der Waals surface area contributed by atoms with Crippen LogP contribution in [0.3, 0.4) is 0 Å². The number of rotatable bonds is 5. The number of thiocarbonyl (C=S) groups is 1. The average Bonchev–Trinajstić information content (AvgIpc) is 2.82. The van der Waals surface area contributed by atoms with Crippen molar-refractivity contribution in [3.8, 4) is 5.75 Å². The summed E-state index contributed by atoms with van der Waals surface area (Å²) >= 11 is 4.91. The molecule has 2 N–H and O–H groups in total. The fourth-order valence-electron chi connectivity index (χ4n) is 1.43. The number of ether oxygens (including phenoxy) is 1. The fourth-order valence-corrected chi connectivity index (χ4v) is 1.56. The zero-order valence-electron chi connectivity index (χ0n) is 9.24. The molecule has 0 unspecified atom stereocenters. The molecule has 0 radical (unpaired) electrons. The van der Waals surface area contributed by atoms with Crippen LogP contribution in [-0.2, 0) is 6.54 Å². The predicted octanol–water partition coefficient (Wildman–Crippen LogP) is 1.60. The lowest BCUT2D eigenvalue weighted by Gasteiger charge is -2.07. The Labute approximate surface area is 105 Å². The predicted molar refractivity (Wildman–Crippen MR) is 70.1 cm³/mol. The lowest BCUT2D eigenvalue weighted by Crippen LogP contribution is -2.11. The number of benzene rings is 1. The van der Waals surface area contributed by atoms with Crippen molar-refractivity contribution in [1.29, 1.82) is 0 Å². The molecule has 88 valence electrons. The van der Waals surface area contributed by atoms with Gasteiger partial charge in [-0.05, 0) is 18.2 Å². The Kier molecular flexibility index (Phi) is 3.72. The van der Waals surface area contributed by atoms with E-state index in [-0.39, 0.29) is 0 Å². The zero-order valence-corrected chi connectivity index (χ0v) is 10.1. The number of aromatic nitrogens is 2. The highest BCUT2D eigenvalue weighted by atomic mass is 32.1. The van der Waals surface area contributed by atoms with Gasteiger partial charge in [0.25, 0.3) is 0 Å². The zero-order chi connectivity index (χ0) is 12.1. The van der Waals surface area contributed by atoms with Gasteiger partial charge in [-0.15, -0.1) is 0 Å². The molecular formula is C12H13N3OS. The van der Waals surface area contributed by atoms with E-state index in [1.54, 1.807) is 6.20 Å². The smallest absolute Gasteiger partial charge is 0.120 e. The average molecular weight is 247 g/mol. The summed E-state index contributed by atoms with van der Waals surface area (Å²) in [4.78, 5) is 0.377. The summed E-state index contributed by atoms with van der Waals surface area (Å²) in [5, 5.41) is 4.09. The monoisotopic (exact) mass is 247 g/mol. The van der Waals surface area contributed by atoms with E-state index < -0.39 is 0 Å². The second-order valence-electron chi connectivity index (χ2n) is 3.51. The highest BCUT2D eigenvalue weighted by Gasteiger charge is 1.99. The first-order valence-electron chi connectivity index (χ1n) is 5.26. The van der Waals surface area contributed by atoms with Gasteiger partial charge < -0.3 is 10.5 Å². The van der Waals surface area contributed by atoms with Crippen molar-refractivity contribution in [2.75, 3.05) is 6.61 Å². The van der Waals surface area contributed by atoms with E-state index in [1.807, 2.05) is 41.2 Å². The third-order valence-corrected chi connectivity index (χ3v) is 2.50. The maximum absolute atomic E-state index is 5.59. The van der Waals surface area contributed by atoms with Crippen LogP contribution in [0.4, 0.5) is 0 Å². The minimum atomic E-state index is 0.377. The van der Waals surface area contributed by atoms with Crippen LogP contribution in [0.1, 0.15) is 5.56 Å². The third-order valence-electron chi connectivity index (χ3n) is 2.27. The maximum Gasteiger partial charge on any atom is 0.120 e. The van der Waals surface area contributed by atoms with Gasteiger partial charge in [0, 0.05) is 18.0 Å². The van der Waals surface area contributed by atoms with Crippen molar-refractivity contribution in [3.63, 3.8) is 0 Å². The van der Waals surface area contributed by atoms with Crippen LogP contribution in [-0.4, -0.2) is 21.4 Å². The second-order valence-corrected chi connectivity index (χ2v) is 3.95. The van der Waals surface area contributed by atoms with E-state index >= 15 is 0 Å². The number of hydrogen-bond acceptors (Lipinski definition) is 3. The highest BCUT2D eigenvalue weighted by molar-refractivity contribution is 7.80. The molecule has 0 atom stereocenters. The first-order valence-corrected chi connectivity index (χ1v) is 5.66. The van der Waals surface area contributed by atoms with Gasteiger partial charge in [0.1, 0.15) is 17.3 Å². The van der Waals surface area contributed by atoms with Crippen molar-refractivity contribution in [3.05, 3.63) is 48.3 Å². The summed E-state index contributed by atoms with van der Waals surface area (Å²) in [5.74, 6) is 0.766. The summed E-state index contributed by atoms with van der Waals surface area (Å²) < 4.78 is 7.41. The Morgan fingerprint density at radius 3 is 3.00 bits per heavy atom. The van der Waals surface area contributed by atoms with Crippen LogP contribution >= 0.6 is 12.2 Å². The molecular weight excluding hydrogens is 234 g/mol. The first kappa shape index (κ1) is 11.6. The molecule has 0 amide bonds. The standard InChI is InChI=1S/C12H13N3OS/c13-12(17)10-3-1-4-11(9-10)16-8-7-15-6-2-5-14-15/h1-6,9H,7-8H2,(H2,13,17). The molecule has 0 aliphatic heterocycles. The fraction of sp³-hybridized carbons (Fsp3) is 0.167. The van der Waals surface area contributed by atoms with E-state index in [1.165, 1.54) is 0 Å². The molecule has 17 heavy (non-hydrogen) atoms. The van der Waals surface area contributed by atoms with Crippen molar-refractivity contribution < 1.29 is 4.74 Å². The molecule has 2 aromatic rings. The van der Waals surface area contributed by atoms with Crippen molar-refractivity contribution in [2.24, 2.45) is 5.73 Å². The largest absolute Gasteiger partial charge is 0.492 e. The van der Waals surface area contributed by atoms with Crippen LogP contribution in [0, 0.1) is 0 Å². The Bertz CT molecular complexity index is 496. The molecule has 2 rings (SSSR count). The van der Waals surface area contributed by atoms with Gasteiger partial charge in [0.15, 0.2) is 0 Å². The van der Waals surface area contributed by atoms with E-state index in [2.05, 4.69) is 5.10 Å². The molecule has 1 aromatic heterocycles. The normalized spacial score (nSPS) is 10.1. The molecule has 0 spiro atoms. The Morgan fingerprint density at radius 2 is 2.29 bits per heavy atom. The second kappa shape index (κ2) is 5.45. The molecule has 0 aliphatic rings. The number of hydrogen-bond donors (Lipinski definition) is 1. The van der Waals surface area contributed by atoms with Gasteiger partial charge in [0.05, 0.1) is 6.54 Å². The van der Waals surface area contributed by atoms with Gasteiger partial charge in [-0.2, -0.15) is 5.10 Å². The van der Waals surface area contributed by atoms with Crippen LogP contribution in [0.2, 0.25) is 0 Å². The van der Waals surface area contributed by atoms with Gasteiger partial charge >= 0.3 is 0 Å². The number of nitrogens with two attached hydrogens (primary N) is 1. The summed E-state index contributed by atoms with van der Waals surface area (Å²) in [6.45, 7) is 1.27. The first-order chi connectivity index (χ1) is 8.25. The lowest BCUT2D eigenvalue weighted by molar-refractivity contribution is 0.291. The van der Waals surface area contributed by atoms with Gasteiger partial charge in [-0.3, -0.25) is 4.68 Å². The maximum atomic E-state index is 5.59. The molecule has 1 heterocycles. The molecule has 5 heteroatoms. The van der Waals surface area contributed by atoms with Crippen molar-refractivity contribution in [2.45, 2.75) is 6.54 Å². The van der Waals surface area contributed by atoms with E-state index in [9.17, 15) is 0 Å². The van der Waals surface area contributed by atoms with Gasteiger partial charge in [-0.25, -0.2) is 0 Å². The van der Waals surface area contributed by atoms with Crippen molar-refractivity contribution >= 4 is 17.2 Å². The summed E-state index contributed by atoms with van der Waals surface area (Å²) in [5.41, 5.74) is 6.37. The van der Waals surface area contributed by atoms with Gasteiger partial charge in [0.2, 0.25) is 0 Å². The minimum absolute atomic E-state index is 0.377. The quantitative estimate of drug-likeness (QED) is 0.815.